The van der Waals surface area contributed by atoms with Crippen LogP contribution in [0.3, 0.4) is 0 Å². The predicted molar refractivity (Wildman–Crippen MR) is 176 cm³/mol. The molecule has 0 saturated carbocycles. The summed E-state index contributed by atoms with van der Waals surface area (Å²) < 4.78 is 1.18. The molecule has 0 aromatic rings. The summed E-state index contributed by atoms with van der Waals surface area (Å²) in [7, 11) is 7.81. The van der Waals surface area contributed by atoms with Crippen molar-refractivity contribution in [1.29, 1.82) is 0 Å². The van der Waals surface area contributed by atoms with E-state index in [4.69, 9.17) is 0 Å². The van der Waals surface area contributed by atoms with Crippen molar-refractivity contribution in [2.75, 3.05) is 21.1 Å². The Morgan fingerprint density at radius 3 is 0.872 bits per heavy atom. The summed E-state index contributed by atoms with van der Waals surface area (Å²) in [6.07, 6.45) is 38.7. The number of hydrogen-bond donors (Lipinski definition) is 0. The highest BCUT2D eigenvalue weighted by molar-refractivity contribution is 5.00. The summed E-state index contributed by atoms with van der Waals surface area (Å²) in [5, 5.41) is 0. The van der Waals surface area contributed by atoms with Gasteiger partial charge in [0.25, 0.3) is 0 Å². The molecule has 0 aromatic carbocycles. The van der Waals surface area contributed by atoms with Crippen LogP contribution in [0, 0.1) is 5.41 Å². The zero-order chi connectivity index (χ0) is 28.6. The summed E-state index contributed by atoms with van der Waals surface area (Å²) in [4.78, 5) is 0. The van der Waals surface area contributed by atoms with Gasteiger partial charge in [-0.25, -0.2) is 0 Å². The molecule has 0 N–H and O–H groups in total. The van der Waals surface area contributed by atoms with Crippen LogP contribution in [-0.4, -0.2) is 31.2 Å². The van der Waals surface area contributed by atoms with Crippen LogP contribution in [0.5, 0.6) is 0 Å². The summed E-state index contributed by atoms with van der Waals surface area (Å²) >= 11 is 0. The van der Waals surface area contributed by atoms with E-state index in [1.165, 1.54) is 178 Å². The van der Waals surface area contributed by atoms with Crippen LogP contribution in [0.4, 0.5) is 0 Å². The van der Waals surface area contributed by atoms with Gasteiger partial charge in [0.1, 0.15) is 5.54 Å². The third kappa shape index (κ3) is 16.6. The van der Waals surface area contributed by atoms with Gasteiger partial charge in [0.15, 0.2) is 0 Å². The molecule has 39 heavy (non-hydrogen) atoms. The normalized spacial score (nSPS) is 12.6. The Bertz CT molecular complexity index is 466. The van der Waals surface area contributed by atoms with Crippen LogP contribution in [0.15, 0.2) is 0 Å². The van der Waals surface area contributed by atoms with Crippen molar-refractivity contribution >= 4 is 0 Å². The summed E-state index contributed by atoms with van der Waals surface area (Å²) in [6, 6.07) is 0. The van der Waals surface area contributed by atoms with E-state index in [0.717, 1.165) is 0 Å². The second-order valence-electron chi connectivity index (χ2n) is 14.1. The Labute approximate surface area is 260 Å². The maximum atomic E-state index is 2.60. The molecule has 0 spiro atoms. The van der Waals surface area contributed by atoms with Gasteiger partial charge in [-0.15, -0.1) is 0 Å². The van der Waals surface area contributed by atoms with Crippen molar-refractivity contribution in [2.45, 2.75) is 214 Å². The van der Waals surface area contributed by atoms with E-state index in [1.807, 2.05) is 0 Å². The van der Waals surface area contributed by atoms with E-state index >= 15 is 0 Å². The zero-order valence-corrected chi connectivity index (χ0v) is 30.5. The van der Waals surface area contributed by atoms with Crippen molar-refractivity contribution < 1.29 is 21.5 Å². The highest BCUT2D eigenvalue weighted by Crippen LogP contribution is 2.55. The largest absolute Gasteiger partial charge is 1.00 e. The van der Waals surface area contributed by atoms with Crippen molar-refractivity contribution in [3.8, 4) is 0 Å². The molecular weight excluding hydrogens is 538 g/mol. The zero-order valence-electron chi connectivity index (χ0n) is 28.9. The molecular formula is C37H78BrN. The first kappa shape index (κ1) is 41.6. The maximum absolute atomic E-state index is 2.60. The molecule has 238 valence electrons. The van der Waals surface area contributed by atoms with E-state index in [2.05, 4.69) is 55.8 Å². The van der Waals surface area contributed by atoms with E-state index in [9.17, 15) is 0 Å². The van der Waals surface area contributed by atoms with Crippen LogP contribution < -0.4 is 17.0 Å². The van der Waals surface area contributed by atoms with Crippen LogP contribution in [0.1, 0.15) is 208 Å². The molecule has 1 nitrogen and oxygen atoms in total. The monoisotopic (exact) mass is 616 g/mol. The van der Waals surface area contributed by atoms with Crippen LogP contribution in [-0.2, 0) is 0 Å². The topological polar surface area (TPSA) is 0 Å². The van der Waals surface area contributed by atoms with Crippen LogP contribution in [0.25, 0.3) is 0 Å². The van der Waals surface area contributed by atoms with Gasteiger partial charge in [0.05, 0.1) is 21.1 Å². The fraction of sp³-hybridized carbons (Fsp3) is 1.00. The van der Waals surface area contributed by atoms with Crippen molar-refractivity contribution in [2.24, 2.45) is 5.41 Å². The van der Waals surface area contributed by atoms with E-state index in [1.54, 1.807) is 0 Å². The molecule has 0 aromatic heterocycles. The molecule has 0 saturated heterocycles. The number of hydrogen-bond acceptors (Lipinski definition) is 0. The molecule has 0 heterocycles. The third-order valence-corrected chi connectivity index (χ3v) is 10.2. The molecule has 0 fully saturated rings. The predicted octanol–water partition coefficient (Wildman–Crippen LogP) is 10.1. The average molecular weight is 617 g/mol. The average Bonchev–Trinajstić information content (AvgIpc) is 2.89. The first-order chi connectivity index (χ1) is 18.3. The molecule has 0 radical (unpaired) electrons. The Hall–Kier alpha value is 0.440. The van der Waals surface area contributed by atoms with Gasteiger partial charge < -0.3 is 21.5 Å². The summed E-state index contributed by atoms with van der Waals surface area (Å²) in [5.41, 5.74) is 0.936. The smallest absolute Gasteiger partial charge is 0.104 e. The van der Waals surface area contributed by atoms with Gasteiger partial charge in [0.2, 0.25) is 0 Å². The molecule has 0 aliphatic carbocycles. The van der Waals surface area contributed by atoms with Gasteiger partial charge >= 0.3 is 0 Å². The van der Waals surface area contributed by atoms with Gasteiger partial charge in [-0.3, -0.25) is 0 Å². The number of quaternary nitrogens is 1. The Balaban J connectivity index is 0. The van der Waals surface area contributed by atoms with E-state index < -0.39 is 0 Å². The lowest BCUT2D eigenvalue weighted by Crippen LogP contribution is -3.00. The molecule has 0 unspecified atom stereocenters. The van der Waals surface area contributed by atoms with Crippen molar-refractivity contribution in [3.05, 3.63) is 0 Å². The minimum absolute atomic E-state index is 0. The lowest BCUT2D eigenvalue weighted by molar-refractivity contribution is -0.935. The molecule has 0 aliphatic rings. The number of halogens is 1. The molecule has 0 amide bonds. The lowest BCUT2D eigenvalue weighted by atomic mass is 9.56. The maximum Gasteiger partial charge on any atom is 0.104 e. The molecule has 0 bridgehead atoms. The fourth-order valence-corrected chi connectivity index (χ4v) is 7.80. The number of nitrogens with zero attached hydrogens (tertiary/aromatic N) is 1. The second kappa shape index (κ2) is 26.1. The van der Waals surface area contributed by atoms with Crippen LogP contribution >= 0.6 is 0 Å². The van der Waals surface area contributed by atoms with Gasteiger partial charge in [-0.2, -0.15) is 0 Å². The van der Waals surface area contributed by atoms with Gasteiger partial charge in [0, 0.05) is 18.3 Å². The number of rotatable bonds is 29. The van der Waals surface area contributed by atoms with Gasteiger partial charge in [-0.05, 0) is 32.1 Å². The standard InChI is InChI=1S/C37H78N.BrH/c1-9-14-19-23-27-32-36(31-18-13-5,33-28-24-20-15-10-2)37(38(6,7)8,34-29-25-21-16-11-3)35-30-26-22-17-12-4;/h9-35H2,1-8H3;1H/q+1;/p-1. The molecule has 0 rings (SSSR count). The lowest BCUT2D eigenvalue weighted by Gasteiger charge is -2.59. The minimum atomic E-state index is 0. The van der Waals surface area contributed by atoms with E-state index in [-0.39, 0.29) is 17.0 Å². The summed E-state index contributed by atoms with van der Waals surface area (Å²) in [5.74, 6) is 0. The second-order valence-corrected chi connectivity index (χ2v) is 14.1. The Morgan fingerprint density at radius 1 is 0.333 bits per heavy atom. The summed E-state index contributed by atoms with van der Waals surface area (Å²) in [6.45, 7) is 11.9. The Kier molecular flexibility index (Phi) is 27.8. The fourth-order valence-electron chi connectivity index (χ4n) is 7.80. The molecule has 0 aliphatic heterocycles. The first-order valence-corrected chi connectivity index (χ1v) is 18.1. The SMILES string of the molecule is CCCCCCCC(CCCC)(CCCCCCC)C(CCCCCCC)(CCCCCCC)[N+](C)(C)C.[Br-]. The quantitative estimate of drug-likeness (QED) is 0.0580. The number of unbranched alkanes of at least 4 members (excludes halogenated alkanes) is 17. The van der Waals surface area contributed by atoms with Gasteiger partial charge in [-0.1, -0.05) is 163 Å². The van der Waals surface area contributed by atoms with Crippen molar-refractivity contribution in [3.63, 3.8) is 0 Å². The third-order valence-electron chi connectivity index (χ3n) is 10.2. The molecule has 0 atom stereocenters. The van der Waals surface area contributed by atoms with E-state index in [0.29, 0.717) is 11.0 Å². The Morgan fingerprint density at radius 2 is 0.590 bits per heavy atom. The molecule has 2 heteroatoms. The van der Waals surface area contributed by atoms with Crippen molar-refractivity contribution in [1.82, 2.24) is 0 Å². The van der Waals surface area contributed by atoms with Crippen LogP contribution in [0.2, 0.25) is 0 Å². The first-order valence-electron chi connectivity index (χ1n) is 18.1. The highest BCUT2D eigenvalue weighted by atomic mass is 79.9. The highest BCUT2D eigenvalue weighted by Gasteiger charge is 2.57. The minimum Gasteiger partial charge on any atom is -1.00 e.